The van der Waals surface area contributed by atoms with Gasteiger partial charge in [0.2, 0.25) is 0 Å². The lowest BCUT2D eigenvalue weighted by Gasteiger charge is -2.15. The fraction of sp³-hybridized carbons (Fsp3) is 0.316. The Kier molecular flexibility index (Phi) is 6.94. The molecule has 26 heavy (non-hydrogen) atoms. The van der Waals surface area contributed by atoms with Crippen molar-refractivity contribution in [1.82, 2.24) is 5.48 Å². The van der Waals surface area contributed by atoms with Crippen LogP contribution in [0.15, 0.2) is 30.3 Å². The van der Waals surface area contributed by atoms with Gasteiger partial charge in [-0.3, -0.25) is 9.63 Å². The van der Waals surface area contributed by atoms with Crippen molar-refractivity contribution >= 4 is 28.9 Å². The summed E-state index contributed by atoms with van der Waals surface area (Å²) in [6.07, 6.45) is 0.889. The van der Waals surface area contributed by atoms with Crippen LogP contribution < -0.4 is 10.8 Å². The minimum Gasteiger partial charge on any atom is -0.351 e. The van der Waals surface area contributed by atoms with Crippen molar-refractivity contribution in [1.29, 1.82) is 0 Å². The molecule has 2 aromatic carbocycles. The smallest absolute Gasteiger partial charge is 0.277 e. The summed E-state index contributed by atoms with van der Waals surface area (Å²) in [6.45, 7) is 6.14. The average molecular weight is 383 g/mol. The second kappa shape index (κ2) is 8.96. The number of rotatable bonds is 7. The maximum atomic E-state index is 14.3. The molecule has 2 N–H and O–H groups in total. The standard InChI is InChI=1S/C19H21ClF2N2O2/c1-4-11(2)10-26-24-19(25)13-6-7-15(21)17(22)18(13)23-16-8-5-12(3)9-14(16)20/h5-9,11,23H,4,10H2,1-3H3,(H,24,25). The third kappa shape index (κ3) is 4.93. The molecule has 1 amide bonds. The van der Waals surface area contributed by atoms with E-state index in [0.717, 1.165) is 18.1 Å². The first-order chi connectivity index (χ1) is 12.3. The quantitative estimate of drug-likeness (QED) is 0.632. The highest BCUT2D eigenvalue weighted by Crippen LogP contribution is 2.31. The third-order valence-corrected chi connectivity index (χ3v) is 4.27. The molecule has 4 nitrogen and oxygen atoms in total. The molecule has 0 saturated heterocycles. The van der Waals surface area contributed by atoms with Gasteiger partial charge in [0.25, 0.3) is 5.91 Å². The van der Waals surface area contributed by atoms with Gasteiger partial charge in [0.1, 0.15) is 0 Å². The number of anilines is 2. The maximum Gasteiger partial charge on any atom is 0.277 e. The minimum atomic E-state index is -1.17. The number of carbonyl (C=O) groups excluding carboxylic acids is 1. The number of carbonyl (C=O) groups is 1. The zero-order chi connectivity index (χ0) is 19.3. The van der Waals surface area contributed by atoms with E-state index in [2.05, 4.69) is 10.8 Å². The number of hydrogen-bond acceptors (Lipinski definition) is 3. The van der Waals surface area contributed by atoms with E-state index < -0.39 is 17.5 Å². The lowest BCUT2D eigenvalue weighted by Crippen LogP contribution is -2.27. The molecule has 1 unspecified atom stereocenters. The van der Waals surface area contributed by atoms with Gasteiger partial charge in [0.15, 0.2) is 11.6 Å². The monoisotopic (exact) mass is 382 g/mol. The molecule has 0 aliphatic rings. The van der Waals surface area contributed by atoms with E-state index in [1.165, 1.54) is 6.07 Å². The molecular formula is C19H21ClF2N2O2. The molecule has 0 spiro atoms. The van der Waals surface area contributed by atoms with Crippen LogP contribution >= 0.6 is 11.6 Å². The maximum absolute atomic E-state index is 14.3. The number of aryl methyl sites for hydroxylation is 1. The predicted octanol–water partition coefficient (Wildman–Crippen LogP) is 5.38. The predicted molar refractivity (Wildman–Crippen MR) is 98.7 cm³/mol. The Bertz CT molecular complexity index is 799. The number of benzene rings is 2. The van der Waals surface area contributed by atoms with Crippen LogP contribution in [-0.2, 0) is 4.84 Å². The molecule has 1 atom stereocenters. The lowest BCUT2D eigenvalue weighted by atomic mass is 10.1. The van der Waals surface area contributed by atoms with E-state index >= 15 is 0 Å². The van der Waals surface area contributed by atoms with Gasteiger partial charge in [-0.05, 0) is 42.7 Å². The highest BCUT2D eigenvalue weighted by Gasteiger charge is 2.20. The Morgan fingerprint density at radius 1 is 1.27 bits per heavy atom. The van der Waals surface area contributed by atoms with Crippen molar-refractivity contribution in [2.45, 2.75) is 27.2 Å². The van der Waals surface area contributed by atoms with Crippen LogP contribution in [0.1, 0.15) is 36.2 Å². The van der Waals surface area contributed by atoms with Crippen molar-refractivity contribution in [3.05, 3.63) is 58.1 Å². The number of amides is 1. The fourth-order valence-corrected chi connectivity index (χ4v) is 2.42. The van der Waals surface area contributed by atoms with Gasteiger partial charge < -0.3 is 5.32 Å². The molecule has 2 rings (SSSR count). The van der Waals surface area contributed by atoms with E-state index in [4.69, 9.17) is 16.4 Å². The average Bonchev–Trinajstić information content (AvgIpc) is 2.60. The molecule has 0 radical (unpaired) electrons. The van der Waals surface area contributed by atoms with E-state index in [-0.39, 0.29) is 17.2 Å². The topological polar surface area (TPSA) is 50.4 Å². The van der Waals surface area contributed by atoms with Crippen LogP contribution in [-0.4, -0.2) is 12.5 Å². The second-order valence-electron chi connectivity index (χ2n) is 6.15. The zero-order valence-electron chi connectivity index (χ0n) is 14.8. The Morgan fingerprint density at radius 3 is 2.65 bits per heavy atom. The molecule has 0 aliphatic carbocycles. The number of nitrogens with one attached hydrogen (secondary N) is 2. The Labute approximate surface area is 156 Å². The highest BCUT2D eigenvalue weighted by molar-refractivity contribution is 6.33. The van der Waals surface area contributed by atoms with E-state index in [9.17, 15) is 13.6 Å². The van der Waals surface area contributed by atoms with Crippen molar-refractivity contribution in [3.8, 4) is 0 Å². The Hall–Kier alpha value is -2.18. The summed E-state index contributed by atoms with van der Waals surface area (Å²) >= 11 is 6.13. The summed E-state index contributed by atoms with van der Waals surface area (Å²) in [6, 6.07) is 7.14. The molecule has 2 aromatic rings. The van der Waals surface area contributed by atoms with Crippen molar-refractivity contribution in [2.75, 3.05) is 11.9 Å². The van der Waals surface area contributed by atoms with Gasteiger partial charge in [-0.25, -0.2) is 14.3 Å². The van der Waals surface area contributed by atoms with Gasteiger partial charge in [-0.15, -0.1) is 0 Å². The van der Waals surface area contributed by atoms with Crippen molar-refractivity contribution in [2.24, 2.45) is 5.92 Å². The summed E-state index contributed by atoms with van der Waals surface area (Å²) < 4.78 is 28.0. The molecular weight excluding hydrogens is 362 g/mol. The van der Waals surface area contributed by atoms with Crippen LogP contribution in [0.2, 0.25) is 5.02 Å². The van der Waals surface area contributed by atoms with Crippen LogP contribution in [0, 0.1) is 24.5 Å². The summed E-state index contributed by atoms with van der Waals surface area (Å²) in [4.78, 5) is 17.5. The van der Waals surface area contributed by atoms with Crippen LogP contribution in [0.4, 0.5) is 20.2 Å². The van der Waals surface area contributed by atoms with Crippen LogP contribution in [0.25, 0.3) is 0 Å². The summed E-state index contributed by atoms with van der Waals surface area (Å²) in [7, 11) is 0. The molecule has 0 saturated carbocycles. The van der Waals surface area contributed by atoms with Gasteiger partial charge in [-0.2, -0.15) is 0 Å². The fourth-order valence-electron chi connectivity index (χ4n) is 2.14. The van der Waals surface area contributed by atoms with E-state index in [1.807, 2.05) is 20.8 Å². The second-order valence-corrected chi connectivity index (χ2v) is 6.56. The highest BCUT2D eigenvalue weighted by atomic mass is 35.5. The first-order valence-corrected chi connectivity index (χ1v) is 8.64. The van der Waals surface area contributed by atoms with Crippen LogP contribution in [0.3, 0.4) is 0 Å². The zero-order valence-corrected chi connectivity index (χ0v) is 15.6. The van der Waals surface area contributed by atoms with Crippen molar-refractivity contribution < 1.29 is 18.4 Å². The molecule has 0 aliphatic heterocycles. The molecule has 7 heteroatoms. The van der Waals surface area contributed by atoms with Crippen molar-refractivity contribution in [3.63, 3.8) is 0 Å². The third-order valence-electron chi connectivity index (χ3n) is 3.95. The Morgan fingerprint density at radius 2 is 2.00 bits per heavy atom. The van der Waals surface area contributed by atoms with E-state index in [0.29, 0.717) is 17.3 Å². The number of hydrogen-bond donors (Lipinski definition) is 2. The molecule has 140 valence electrons. The molecule has 0 aromatic heterocycles. The SMILES string of the molecule is CCC(C)CONC(=O)c1ccc(F)c(F)c1Nc1ccc(C)cc1Cl. The number of halogens is 3. The normalized spacial score (nSPS) is 11.9. The van der Waals surface area contributed by atoms with Crippen LogP contribution in [0.5, 0.6) is 0 Å². The molecule has 0 fully saturated rings. The van der Waals surface area contributed by atoms with Gasteiger partial charge in [-0.1, -0.05) is 37.9 Å². The minimum absolute atomic E-state index is 0.0929. The van der Waals surface area contributed by atoms with E-state index in [1.54, 1.807) is 18.2 Å². The van der Waals surface area contributed by atoms with Gasteiger partial charge >= 0.3 is 0 Å². The first-order valence-electron chi connectivity index (χ1n) is 8.26. The van der Waals surface area contributed by atoms with Gasteiger partial charge in [0, 0.05) is 0 Å². The summed E-state index contributed by atoms with van der Waals surface area (Å²) in [5, 5.41) is 3.03. The van der Waals surface area contributed by atoms with Gasteiger partial charge in [0.05, 0.1) is 28.6 Å². The Balaban J connectivity index is 2.27. The summed E-state index contributed by atoms with van der Waals surface area (Å²) in [5.74, 6) is -2.67. The largest absolute Gasteiger partial charge is 0.351 e. The lowest BCUT2D eigenvalue weighted by molar-refractivity contribution is 0.0182. The summed E-state index contributed by atoms with van der Waals surface area (Å²) in [5.41, 5.74) is 3.13. The first kappa shape index (κ1) is 20.1. The molecule has 0 bridgehead atoms. The molecule has 0 heterocycles. The number of hydroxylamine groups is 1.